The van der Waals surface area contributed by atoms with Crippen LogP contribution in [0, 0.1) is 0 Å². The van der Waals surface area contributed by atoms with Gasteiger partial charge in [-0.05, 0) is 19.3 Å². The van der Waals surface area contributed by atoms with Gasteiger partial charge in [0.05, 0.1) is 6.04 Å². The Hall–Kier alpha value is -1.69. The first kappa shape index (κ1) is 13.7. The number of nitrogens with zero attached hydrogens (tertiary/aromatic N) is 4. The number of amides is 1. The summed E-state index contributed by atoms with van der Waals surface area (Å²) in [5.74, 6) is 1.20. The van der Waals surface area contributed by atoms with E-state index in [2.05, 4.69) is 16.8 Å². The van der Waals surface area contributed by atoms with E-state index in [1.807, 2.05) is 16.5 Å². The fourth-order valence-corrected chi connectivity index (χ4v) is 2.56. The number of nitrogens with two attached hydrogens (primary N) is 1. The number of likely N-dealkylation sites (tertiary alicyclic amines) is 1. The molecule has 1 aromatic heterocycles. The maximum atomic E-state index is 12.2. The van der Waals surface area contributed by atoms with Crippen molar-refractivity contribution in [3.8, 4) is 0 Å². The minimum absolute atomic E-state index is 0.00627. The maximum Gasteiger partial charge on any atom is 0.239 e. The number of rotatable bonds is 4. The van der Waals surface area contributed by atoms with Gasteiger partial charge in [-0.25, -0.2) is 0 Å². The van der Waals surface area contributed by atoms with Crippen molar-refractivity contribution in [1.82, 2.24) is 19.7 Å². The van der Waals surface area contributed by atoms with Gasteiger partial charge in [-0.2, -0.15) is 0 Å². The summed E-state index contributed by atoms with van der Waals surface area (Å²) in [6.45, 7) is 5.08. The molecular weight excluding hydrogens is 242 g/mol. The van der Waals surface area contributed by atoms with Gasteiger partial charge in [-0.3, -0.25) is 4.79 Å². The molecule has 19 heavy (non-hydrogen) atoms. The van der Waals surface area contributed by atoms with E-state index >= 15 is 0 Å². The smallest absolute Gasteiger partial charge is 0.239 e. The van der Waals surface area contributed by atoms with Gasteiger partial charge in [-0.1, -0.05) is 6.08 Å². The van der Waals surface area contributed by atoms with Crippen molar-refractivity contribution in [2.45, 2.75) is 31.2 Å². The van der Waals surface area contributed by atoms with Crippen LogP contribution in [0.25, 0.3) is 0 Å². The third kappa shape index (κ3) is 3.01. The van der Waals surface area contributed by atoms with Crippen molar-refractivity contribution >= 4 is 5.91 Å². The van der Waals surface area contributed by atoms with Crippen LogP contribution >= 0.6 is 0 Å². The number of aromatic nitrogens is 3. The molecule has 0 aliphatic carbocycles. The van der Waals surface area contributed by atoms with Gasteiger partial charge >= 0.3 is 0 Å². The second kappa shape index (κ2) is 5.97. The van der Waals surface area contributed by atoms with Crippen molar-refractivity contribution in [2.75, 3.05) is 13.1 Å². The lowest BCUT2D eigenvalue weighted by molar-refractivity contribution is -0.133. The molecule has 104 valence electrons. The first-order valence-electron chi connectivity index (χ1n) is 6.62. The van der Waals surface area contributed by atoms with Crippen molar-refractivity contribution in [3.05, 3.63) is 24.8 Å². The molecule has 0 saturated carbocycles. The number of aryl methyl sites for hydroxylation is 1. The van der Waals surface area contributed by atoms with E-state index in [1.165, 1.54) is 0 Å². The predicted molar refractivity (Wildman–Crippen MR) is 72.3 cm³/mol. The van der Waals surface area contributed by atoms with Crippen LogP contribution < -0.4 is 5.73 Å². The summed E-state index contributed by atoms with van der Waals surface area (Å²) in [5, 5.41) is 8.04. The first-order valence-corrected chi connectivity index (χ1v) is 6.62. The van der Waals surface area contributed by atoms with Crippen LogP contribution in [0.2, 0.25) is 0 Å². The molecule has 2 unspecified atom stereocenters. The molecule has 2 rings (SSSR count). The molecule has 1 amide bonds. The van der Waals surface area contributed by atoms with E-state index in [-0.39, 0.29) is 11.8 Å². The average molecular weight is 263 g/mol. The largest absolute Gasteiger partial charge is 0.341 e. The lowest BCUT2D eigenvalue weighted by Crippen LogP contribution is -2.47. The normalized spacial score (nSPS) is 21.2. The van der Waals surface area contributed by atoms with E-state index in [0.29, 0.717) is 13.0 Å². The first-order chi connectivity index (χ1) is 9.13. The highest BCUT2D eigenvalue weighted by Gasteiger charge is 2.29. The van der Waals surface area contributed by atoms with E-state index in [1.54, 1.807) is 12.4 Å². The molecule has 1 aliphatic rings. The number of hydrogen-bond donors (Lipinski definition) is 1. The molecule has 2 N–H and O–H groups in total. The lowest BCUT2D eigenvalue weighted by Gasteiger charge is -2.33. The van der Waals surface area contributed by atoms with Crippen LogP contribution in [0.3, 0.4) is 0 Å². The minimum atomic E-state index is -0.476. The highest BCUT2D eigenvalue weighted by atomic mass is 16.2. The zero-order valence-electron chi connectivity index (χ0n) is 11.3. The van der Waals surface area contributed by atoms with Crippen LogP contribution in [0.4, 0.5) is 0 Å². The van der Waals surface area contributed by atoms with Crippen LogP contribution in [0.1, 0.15) is 31.0 Å². The third-order valence-electron chi connectivity index (χ3n) is 3.58. The zero-order valence-corrected chi connectivity index (χ0v) is 11.3. The molecule has 0 aromatic carbocycles. The van der Waals surface area contributed by atoms with Gasteiger partial charge in [0.1, 0.15) is 12.2 Å². The Labute approximate surface area is 113 Å². The molecule has 1 aromatic rings. The van der Waals surface area contributed by atoms with Crippen molar-refractivity contribution < 1.29 is 4.79 Å². The van der Waals surface area contributed by atoms with E-state index < -0.39 is 6.04 Å². The summed E-state index contributed by atoms with van der Waals surface area (Å²) >= 11 is 0. The van der Waals surface area contributed by atoms with Crippen LogP contribution in [0.5, 0.6) is 0 Å². The van der Waals surface area contributed by atoms with Gasteiger partial charge in [0.2, 0.25) is 5.91 Å². The number of piperidine rings is 1. The van der Waals surface area contributed by atoms with Crippen LogP contribution in [-0.2, 0) is 11.8 Å². The molecule has 2 heterocycles. The minimum Gasteiger partial charge on any atom is -0.341 e. The van der Waals surface area contributed by atoms with Crippen molar-refractivity contribution in [2.24, 2.45) is 12.8 Å². The molecule has 0 bridgehead atoms. The Bertz CT molecular complexity index is 456. The molecule has 0 spiro atoms. The fourth-order valence-electron chi connectivity index (χ4n) is 2.56. The SMILES string of the molecule is C=CCC(N)C(=O)N1CCCC(c2nncn2C)C1. The Balaban J connectivity index is 2.03. The number of hydrogen-bond acceptors (Lipinski definition) is 4. The topological polar surface area (TPSA) is 77.0 Å². The second-order valence-corrected chi connectivity index (χ2v) is 5.05. The Kier molecular flexibility index (Phi) is 4.31. The summed E-state index contributed by atoms with van der Waals surface area (Å²) in [4.78, 5) is 14.0. The lowest BCUT2D eigenvalue weighted by atomic mass is 9.96. The van der Waals surface area contributed by atoms with Gasteiger partial charge in [-0.15, -0.1) is 16.8 Å². The Morgan fingerprint density at radius 3 is 3.16 bits per heavy atom. The molecule has 1 aliphatic heterocycles. The molecule has 1 saturated heterocycles. The van der Waals surface area contributed by atoms with Crippen molar-refractivity contribution in [3.63, 3.8) is 0 Å². The Morgan fingerprint density at radius 2 is 2.53 bits per heavy atom. The zero-order chi connectivity index (χ0) is 13.8. The highest BCUT2D eigenvalue weighted by molar-refractivity contribution is 5.82. The monoisotopic (exact) mass is 263 g/mol. The summed E-state index contributed by atoms with van der Waals surface area (Å²) in [6.07, 6.45) is 5.91. The van der Waals surface area contributed by atoms with E-state index in [0.717, 1.165) is 25.2 Å². The van der Waals surface area contributed by atoms with Crippen LogP contribution in [-0.4, -0.2) is 44.7 Å². The average Bonchev–Trinajstić information content (AvgIpc) is 2.84. The third-order valence-corrected chi connectivity index (χ3v) is 3.58. The van der Waals surface area contributed by atoms with Gasteiger partial charge < -0.3 is 15.2 Å². The summed E-state index contributed by atoms with van der Waals surface area (Å²) in [5.41, 5.74) is 5.86. The molecular formula is C13H21N5O. The van der Waals surface area contributed by atoms with Gasteiger partial charge in [0.15, 0.2) is 0 Å². The Morgan fingerprint density at radius 1 is 1.74 bits per heavy atom. The summed E-state index contributed by atoms with van der Waals surface area (Å²) in [6, 6.07) is -0.476. The van der Waals surface area contributed by atoms with Crippen LogP contribution in [0.15, 0.2) is 19.0 Å². The molecule has 2 atom stereocenters. The molecule has 1 fully saturated rings. The standard InChI is InChI=1S/C13H21N5O/c1-3-5-11(14)13(19)18-7-4-6-10(8-18)12-16-15-9-17(12)2/h3,9-11H,1,4-8,14H2,2H3. The highest BCUT2D eigenvalue weighted by Crippen LogP contribution is 2.25. The number of carbonyl (C=O) groups is 1. The molecule has 6 nitrogen and oxygen atoms in total. The maximum absolute atomic E-state index is 12.2. The summed E-state index contributed by atoms with van der Waals surface area (Å²) < 4.78 is 1.92. The predicted octanol–water partition coefficient (Wildman–Crippen LogP) is 0.424. The fraction of sp³-hybridized carbons (Fsp3) is 0.615. The van der Waals surface area contributed by atoms with Gasteiger partial charge in [0, 0.05) is 26.1 Å². The molecule has 0 radical (unpaired) electrons. The second-order valence-electron chi connectivity index (χ2n) is 5.05. The summed E-state index contributed by atoms with van der Waals surface area (Å²) in [7, 11) is 1.93. The quantitative estimate of drug-likeness (QED) is 0.799. The van der Waals surface area contributed by atoms with E-state index in [4.69, 9.17) is 5.73 Å². The molecule has 6 heteroatoms. The van der Waals surface area contributed by atoms with Gasteiger partial charge in [0.25, 0.3) is 0 Å². The number of carbonyl (C=O) groups excluding carboxylic acids is 1. The van der Waals surface area contributed by atoms with Crippen molar-refractivity contribution in [1.29, 1.82) is 0 Å². The van der Waals surface area contributed by atoms with E-state index in [9.17, 15) is 4.79 Å².